The van der Waals surface area contributed by atoms with Crippen LogP contribution in [0.5, 0.6) is 0 Å². The van der Waals surface area contributed by atoms with Crippen molar-refractivity contribution in [2.75, 3.05) is 0 Å². The van der Waals surface area contributed by atoms with E-state index in [1.54, 1.807) is 0 Å². The van der Waals surface area contributed by atoms with Crippen LogP contribution in [0.1, 0.15) is 16.7 Å². The number of hydrogen-bond acceptors (Lipinski definition) is 2. The summed E-state index contributed by atoms with van der Waals surface area (Å²) in [6.45, 7) is 3.84. The van der Waals surface area contributed by atoms with Gasteiger partial charge in [0.2, 0.25) is 9.05 Å². The number of rotatable bonds is 2. The molecule has 1 rings (SSSR count). The fraction of sp³-hybridized carbons (Fsp3) is 0.333. The van der Waals surface area contributed by atoms with E-state index in [9.17, 15) is 8.42 Å². The minimum absolute atomic E-state index is 0.122. The Labute approximate surface area is 96.8 Å². The zero-order chi connectivity index (χ0) is 10.9. The summed E-state index contributed by atoms with van der Waals surface area (Å²) in [5.41, 5.74) is 2.75. The summed E-state index contributed by atoms with van der Waals surface area (Å²) in [6.07, 6.45) is 0. The molecular weight excluding hydrogens is 288 g/mol. The molecule has 14 heavy (non-hydrogen) atoms. The molecule has 0 saturated carbocycles. The molecule has 0 amide bonds. The van der Waals surface area contributed by atoms with Crippen LogP contribution in [0.3, 0.4) is 0 Å². The summed E-state index contributed by atoms with van der Waals surface area (Å²) in [6, 6.07) is 3.63. The van der Waals surface area contributed by atoms with Gasteiger partial charge in [-0.2, -0.15) is 0 Å². The van der Waals surface area contributed by atoms with Gasteiger partial charge in [-0.05, 0) is 30.5 Å². The Hall–Kier alpha value is -0.0600. The van der Waals surface area contributed by atoms with Gasteiger partial charge in [-0.1, -0.05) is 28.1 Å². The SMILES string of the molecule is Cc1cc(CS(=O)(=O)Cl)cc(C)c1Br. The lowest BCUT2D eigenvalue weighted by atomic mass is 10.1. The molecule has 1 aromatic rings. The molecule has 0 bridgehead atoms. The van der Waals surface area contributed by atoms with Gasteiger partial charge < -0.3 is 0 Å². The average Bonchev–Trinajstić information content (AvgIpc) is 1.96. The molecule has 1 aromatic carbocycles. The van der Waals surface area contributed by atoms with Gasteiger partial charge in [-0.15, -0.1) is 0 Å². The van der Waals surface area contributed by atoms with E-state index in [0.717, 1.165) is 21.2 Å². The lowest BCUT2D eigenvalue weighted by Gasteiger charge is -2.06. The Kier molecular flexibility index (Phi) is 3.61. The van der Waals surface area contributed by atoms with E-state index >= 15 is 0 Å². The molecule has 5 heteroatoms. The van der Waals surface area contributed by atoms with Crippen molar-refractivity contribution in [2.45, 2.75) is 19.6 Å². The van der Waals surface area contributed by atoms with Crippen molar-refractivity contribution in [1.29, 1.82) is 0 Å². The topological polar surface area (TPSA) is 34.1 Å². The van der Waals surface area contributed by atoms with Crippen molar-refractivity contribution in [2.24, 2.45) is 0 Å². The van der Waals surface area contributed by atoms with E-state index in [-0.39, 0.29) is 5.75 Å². The highest BCUT2D eigenvalue weighted by molar-refractivity contribution is 9.10. The van der Waals surface area contributed by atoms with Crippen LogP contribution < -0.4 is 0 Å². The second-order valence-corrected chi connectivity index (χ2v) is 6.80. The Morgan fingerprint density at radius 1 is 1.29 bits per heavy atom. The zero-order valence-electron chi connectivity index (χ0n) is 7.84. The van der Waals surface area contributed by atoms with Crippen LogP contribution >= 0.6 is 26.6 Å². The van der Waals surface area contributed by atoms with E-state index < -0.39 is 9.05 Å². The van der Waals surface area contributed by atoms with Crippen molar-refractivity contribution in [1.82, 2.24) is 0 Å². The normalized spacial score (nSPS) is 11.7. The molecule has 0 atom stereocenters. The van der Waals surface area contributed by atoms with Gasteiger partial charge in [0, 0.05) is 15.2 Å². The van der Waals surface area contributed by atoms with Gasteiger partial charge in [0.05, 0.1) is 5.75 Å². The van der Waals surface area contributed by atoms with Crippen LogP contribution in [-0.2, 0) is 14.8 Å². The largest absolute Gasteiger partial charge is 0.236 e. The lowest BCUT2D eigenvalue weighted by Crippen LogP contribution is -1.96. The predicted octanol–water partition coefficient (Wildman–Crippen LogP) is 3.13. The molecule has 0 aliphatic heterocycles. The zero-order valence-corrected chi connectivity index (χ0v) is 11.0. The molecule has 2 nitrogen and oxygen atoms in total. The summed E-state index contributed by atoms with van der Waals surface area (Å²) in [5.74, 6) is -0.122. The van der Waals surface area contributed by atoms with E-state index in [2.05, 4.69) is 15.9 Å². The molecule has 0 radical (unpaired) electrons. The van der Waals surface area contributed by atoms with Gasteiger partial charge >= 0.3 is 0 Å². The Morgan fingerprint density at radius 3 is 2.07 bits per heavy atom. The fourth-order valence-corrected chi connectivity index (χ4v) is 2.49. The molecule has 0 saturated heterocycles. The van der Waals surface area contributed by atoms with Gasteiger partial charge in [-0.3, -0.25) is 0 Å². The Balaban J connectivity index is 3.14. The molecule has 0 fully saturated rings. The molecule has 0 aromatic heterocycles. The summed E-state index contributed by atoms with van der Waals surface area (Å²) in [7, 11) is 1.71. The molecule has 0 unspecified atom stereocenters. The first kappa shape index (κ1) is 12.0. The van der Waals surface area contributed by atoms with E-state index in [4.69, 9.17) is 10.7 Å². The van der Waals surface area contributed by atoms with Gasteiger partial charge in [0.25, 0.3) is 0 Å². The first-order chi connectivity index (χ1) is 6.29. The smallest absolute Gasteiger partial charge is 0.212 e. The molecule has 0 heterocycles. The van der Waals surface area contributed by atoms with Crippen molar-refractivity contribution in [3.05, 3.63) is 33.3 Å². The van der Waals surface area contributed by atoms with Crippen LogP contribution in [0.2, 0.25) is 0 Å². The fourth-order valence-electron chi connectivity index (χ4n) is 1.32. The predicted molar refractivity (Wildman–Crippen MR) is 62.1 cm³/mol. The Morgan fingerprint density at radius 2 is 1.71 bits per heavy atom. The van der Waals surface area contributed by atoms with Crippen molar-refractivity contribution < 1.29 is 8.42 Å². The first-order valence-electron chi connectivity index (χ1n) is 3.97. The minimum Gasteiger partial charge on any atom is -0.212 e. The maximum atomic E-state index is 10.9. The van der Waals surface area contributed by atoms with Crippen LogP contribution in [0.4, 0.5) is 0 Å². The Bertz CT molecular complexity index is 431. The average molecular weight is 298 g/mol. The second-order valence-electron chi connectivity index (χ2n) is 3.23. The van der Waals surface area contributed by atoms with Crippen LogP contribution in [0.15, 0.2) is 16.6 Å². The summed E-state index contributed by atoms with van der Waals surface area (Å²) >= 11 is 3.41. The summed E-state index contributed by atoms with van der Waals surface area (Å²) < 4.78 is 22.7. The quantitative estimate of drug-likeness (QED) is 0.786. The highest BCUT2D eigenvalue weighted by Gasteiger charge is 2.09. The maximum Gasteiger partial charge on any atom is 0.236 e. The molecule has 0 spiro atoms. The molecular formula is C9H10BrClO2S. The number of hydrogen-bond donors (Lipinski definition) is 0. The van der Waals surface area contributed by atoms with Crippen molar-refractivity contribution >= 4 is 35.7 Å². The molecule has 78 valence electrons. The highest BCUT2D eigenvalue weighted by Crippen LogP contribution is 2.23. The van der Waals surface area contributed by atoms with E-state index in [1.165, 1.54) is 0 Å². The van der Waals surface area contributed by atoms with Gasteiger partial charge in [0.15, 0.2) is 0 Å². The van der Waals surface area contributed by atoms with Crippen molar-refractivity contribution in [3.8, 4) is 0 Å². The lowest BCUT2D eigenvalue weighted by molar-refractivity contribution is 0.609. The minimum atomic E-state index is -3.47. The summed E-state index contributed by atoms with van der Waals surface area (Å²) in [5, 5.41) is 0. The van der Waals surface area contributed by atoms with Crippen molar-refractivity contribution in [3.63, 3.8) is 0 Å². The van der Waals surface area contributed by atoms with E-state index in [1.807, 2.05) is 26.0 Å². The molecule has 0 N–H and O–H groups in total. The van der Waals surface area contributed by atoms with Crippen LogP contribution in [0, 0.1) is 13.8 Å². The number of aryl methyl sites for hydroxylation is 2. The third-order valence-corrected chi connectivity index (χ3v) is 4.09. The summed E-state index contributed by atoms with van der Waals surface area (Å²) in [4.78, 5) is 0. The van der Waals surface area contributed by atoms with Crippen LogP contribution in [-0.4, -0.2) is 8.42 Å². The van der Waals surface area contributed by atoms with Crippen LogP contribution in [0.25, 0.3) is 0 Å². The second kappa shape index (κ2) is 4.21. The standard InChI is InChI=1S/C9H10BrClO2S/c1-6-3-8(5-14(11,12)13)4-7(2)9(6)10/h3-4H,5H2,1-2H3. The van der Waals surface area contributed by atoms with E-state index in [0.29, 0.717) is 0 Å². The first-order valence-corrected chi connectivity index (χ1v) is 7.24. The molecule has 0 aliphatic rings. The van der Waals surface area contributed by atoms with Gasteiger partial charge in [0.1, 0.15) is 0 Å². The third kappa shape index (κ3) is 3.26. The third-order valence-electron chi connectivity index (χ3n) is 1.84. The highest BCUT2D eigenvalue weighted by atomic mass is 79.9. The maximum absolute atomic E-state index is 10.9. The number of halogens is 2. The number of benzene rings is 1. The monoisotopic (exact) mass is 296 g/mol. The van der Waals surface area contributed by atoms with Gasteiger partial charge in [-0.25, -0.2) is 8.42 Å². The molecule has 0 aliphatic carbocycles.